The smallest absolute Gasteiger partial charge is 0.155 e. The summed E-state index contributed by atoms with van der Waals surface area (Å²) >= 11 is 0. The van der Waals surface area contributed by atoms with Crippen LogP contribution in [0.15, 0.2) is 11.6 Å². The first-order valence-electron chi connectivity index (χ1n) is 5.65. The van der Waals surface area contributed by atoms with E-state index >= 15 is 0 Å². The Balaban J connectivity index is 2.30. The molecule has 1 atom stereocenters. The molecule has 0 aliphatic heterocycles. The van der Waals surface area contributed by atoms with Crippen LogP contribution in [-0.2, 0) is 4.79 Å². The summed E-state index contributed by atoms with van der Waals surface area (Å²) in [6, 6.07) is 0. The summed E-state index contributed by atoms with van der Waals surface area (Å²) in [7, 11) is 0. The van der Waals surface area contributed by atoms with Crippen molar-refractivity contribution in [3.8, 4) is 0 Å². The Morgan fingerprint density at radius 1 is 1.14 bits per heavy atom. The molecule has 0 spiro atoms. The van der Waals surface area contributed by atoms with Crippen molar-refractivity contribution in [3.05, 3.63) is 11.6 Å². The van der Waals surface area contributed by atoms with Crippen LogP contribution in [-0.4, -0.2) is 5.78 Å². The third-order valence-corrected chi connectivity index (χ3v) is 4.06. The maximum Gasteiger partial charge on any atom is 0.155 e. The molecule has 0 amide bonds. The molecule has 1 unspecified atom stereocenters. The van der Waals surface area contributed by atoms with Crippen molar-refractivity contribution in [1.82, 2.24) is 0 Å². The van der Waals surface area contributed by atoms with E-state index in [9.17, 15) is 4.79 Å². The van der Waals surface area contributed by atoms with Crippen LogP contribution in [0.2, 0.25) is 0 Å². The lowest BCUT2D eigenvalue weighted by atomic mass is 9.59. The molecule has 14 heavy (non-hydrogen) atoms. The highest BCUT2D eigenvalue weighted by Gasteiger charge is 2.40. The minimum atomic E-state index is 0.343. The van der Waals surface area contributed by atoms with Crippen molar-refractivity contribution in [2.75, 3.05) is 0 Å². The first kappa shape index (κ1) is 9.95. The van der Waals surface area contributed by atoms with Gasteiger partial charge in [-0.15, -0.1) is 0 Å². The Kier molecular flexibility index (Phi) is 2.09. The number of rotatable bonds is 0. The molecule has 0 N–H and O–H groups in total. The molecule has 0 bridgehead atoms. The maximum atomic E-state index is 11.4. The third kappa shape index (κ3) is 1.65. The van der Waals surface area contributed by atoms with Gasteiger partial charge in [-0.05, 0) is 42.6 Å². The van der Waals surface area contributed by atoms with Crippen molar-refractivity contribution in [1.29, 1.82) is 0 Å². The summed E-state index contributed by atoms with van der Waals surface area (Å²) in [6.45, 7) is 6.96. The fraction of sp³-hybridized carbons (Fsp3) is 0.769. The Labute approximate surface area is 86.6 Å². The Morgan fingerprint density at radius 3 is 2.57 bits per heavy atom. The molecule has 1 saturated carbocycles. The second-order valence-electron chi connectivity index (χ2n) is 6.04. The molecular formula is C13H20O. The third-order valence-electron chi connectivity index (χ3n) is 4.06. The highest BCUT2D eigenvalue weighted by Crippen LogP contribution is 2.52. The first-order valence-corrected chi connectivity index (χ1v) is 5.65. The van der Waals surface area contributed by atoms with Gasteiger partial charge in [0.1, 0.15) is 0 Å². The standard InChI is InChI=1S/C13H20O/c1-12(2)6-7-13(3)5-4-11(14)8-10(13)9-12/h8H,4-7,9H2,1-3H3. The summed E-state index contributed by atoms with van der Waals surface area (Å²) in [5.74, 6) is 0.343. The lowest BCUT2D eigenvalue weighted by Gasteiger charge is -2.45. The van der Waals surface area contributed by atoms with Crippen LogP contribution in [0.3, 0.4) is 0 Å². The molecule has 2 aliphatic rings. The number of carbonyl (C=O) groups is 1. The van der Waals surface area contributed by atoms with Gasteiger partial charge in [0.25, 0.3) is 0 Å². The van der Waals surface area contributed by atoms with Gasteiger partial charge in [-0.1, -0.05) is 26.3 Å². The Hall–Kier alpha value is -0.590. The van der Waals surface area contributed by atoms with Gasteiger partial charge < -0.3 is 0 Å². The van der Waals surface area contributed by atoms with Gasteiger partial charge in [-0.25, -0.2) is 0 Å². The van der Waals surface area contributed by atoms with Crippen molar-refractivity contribution < 1.29 is 4.79 Å². The number of carbonyl (C=O) groups excluding carboxylic acids is 1. The normalized spacial score (nSPS) is 36.2. The molecule has 0 saturated heterocycles. The van der Waals surface area contributed by atoms with E-state index in [1.54, 1.807) is 0 Å². The summed E-state index contributed by atoms with van der Waals surface area (Å²) in [5, 5.41) is 0. The van der Waals surface area contributed by atoms with E-state index in [0.29, 0.717) is 16.6 Å². The van der Waals surface area contributed by atoms with Gasteiger partial charge in [0, 0.05) is 6.42 Å². The second kappa shape index (κ2) is 2.95. The monoisotopic (exact) mass is 192 g/mol. The van der Waals surface area contributed by atoms with Gasteiger partial charge in [0.15, 0.2) is 5.78 Å². The van der Waals surface area contributed by atoms with Crippen molar-refractivity contribution in [2.45, 2.75) is 52.9 Å². The topological polar surface area (TPSA) is 17.1 Å². The van der Waals surface area contributed by atoms with Crippen molar-refractivity contribution in [2.24, 2.45) is 10.8 Å². The molecule has 0 aromatic rings. The van der Waals surface area contributed by atoms with Crippen molar-refractivity contribution >= 4 is 5.78 Å². The molecule has 0 radical (unpaired) electrons. The summed E-state index contributed by atoms with van der Waals surface area (Å²) in [5.41, 5.74) is 2.18. The van der Waals surface area contributed by atoms with E-state index in [0.717, 1.165) is 19.3 Å². The second-order valence-corrected chi connectivity index (χ2v) is 6.04. The Bertz CT molecular complexity index is 298. The van der Waals surface area contributed by atoms with Crippen LogP contribution >= 0.6 is 0 Å². The van der Waals surface area contributed by atoms with Gasteiger partial charge in [0.2, 0.25) is 0 Å². The lowest BCUT2D eigenvalue weighted by Crippen LogP contribution is -2.34. The summed E-state index contributed by atoms with van der Waals surface area (Å²) in [4.78, 5) is 11.4. The fourth-order valence-electron chi connectivity index (χ4n) is 2.77. The van der Waals surface area contributed by atoms with Crippen LogP contribution in [0.25, 0.3) is 0 Å². The zero-order valence-corrected chi connectivity index (χ0v) is 9.52. The Morgan fingerprint density at radius 2 is 1.86 bits per heavy atom. The fourth-order valence-corrected chi connectivity index (χ4v) is 2.77. The molecule has 78 valence electrons. The molecule has 0 aromatic carbocycles. The molecule has 1 fully saturated rings. The zero-order chi connectivity index (χ0) is 10.4. The van der Waals surface area contributed by atoms with Crippen LogP contribution in [0, 0.1) is 10.8 Å². The molecule has 0 heterocycles. The number of hydrogen-bond acceptors (Lipinski definition) is 1. The molecule has 2 rings (SSSR count). The van der Waals surface area contributed by atoms with Crippen LogP contribution in [0.4, 0.5) is 0 Å². The van der Waals surface area contributed by atoms with Gasteiger partial charge >= 0.3 is 0 Å². The predicted molar refractivity (Wildman–Crippen MR) is 58.1 cm³/mol. The number of ketones is 1. The molecular weight excluding hydrogens is 172 g/mol. The minimum Gasteiger partial charge on any atom is -0.295 e. The zero-order valence-electron chi connectivity index (χ0n) is 9.52. The number of allylic oxidation sites excluding steroid dienone is 2. The molecule has 2 aliphatic carbocycles. The first-order chi connectivity index (χ1) is 6.41. The van der Waals surface area contributed by atoms with E-state index < -0.39 is 0 Å². The maximum absolute atomic E-state index is 11.4. The number of fused-ring (bicyclic) bond motifs is 1. The number of hydrogen-bond donors (Lipinski definition) is 0. The highest BCUT2D eigenvalue weighted by molar-refractivity contribution is 5.91. The average Bonchev–Trinajstić information content (AvgIpc) is 2.08. The van der Waals surface area contributed by atoms with Gasteiger partial charge in [0.05, 0.1) is 0 Å². The van der Waals surface area contributed by atoms with E-state index in [1.807, 2.05) is 6.08 Å². The quantitative estimate of drug-likeness (QED) is 0.574. The molecule has 1 heteroatoms. The minimum absolute atomic E-state index is 0.343. The van der Waals surface area contributed by atoms with Crippen LogP contribution in [0.5, 0.6) is 0 Å². The average molecular weight is 192 g/mol. The van der Waals surface area contributed by atoms with E-state index in [-0.39, 0.29) is 0 Å². The van der Waals surface area contributed by atoms with E-state index in [4.69, 9.17) is 0 Å². The van der Waals surface area contributed by atoms with Crippen LogP contribution in [0.1, 0.15) is 52.9 Å². The largest absolute Gasteiger partial charge is 0.295 e. The lowest BCUT2D eigenvalue weighted by molar-refractivity contribution is -0.116. The SMILES string of the molecule is CC1(C)CCC2(C)CCC(=O)C=C2C1. The van der Waals surface area contributed by atoms with Gasteiger partial charge in [-0.2, -0.15) is 0 Å². The van der Waals surface area contributed by atoms with Gasteiger partial charge in [-0.3, -0.25) is 4.79 Å². The van der Waals surface area contributed by atoms with E-state index in [1.165, 1.54) is 18.4 Å². The summed E-state index contributed by atoms with van der Waals surface area (Å²) in [6.07, 6.45) is 7.46. The van der Waals surface area contributed by atoms with E-state index in [2.05, 4.69) is 20.8 Å². The predicted octanol–water partition coefficient (Wildman–Crippen LogP) is 3.49. The molecule has 0 aromatic heterocycles. The van der Waals surface area contributed by atoms with Crippen LogP contribution < -0.4 is 0 Å². The summed E-state index contributed by atoms with van der Waals surface area (Å²) < 4.78 is 0. The highest BCUT2D eigenvalue weighted by atomic mass is 16.1. The van der Waals surface area contributed by atoms with Crippen molar-refractivity contribution in [3.63, 3.8) is 0 Å². The molecule has 1 nitrogen and oxygen atoms in total.